The van der Waals surface area contributed by atoms with Gasteiger partial charge in [-0.15, -0.1) is 0 Å². The molecule has 110 valence electrons. The van der Waals surface area contributed by atoms with E-state index in [1.165, 1.54) is 11.1 Å². The van der Waals surface area contributed by atoms with Crippen LogP contribution in [0.15, 0.2) is 41.5 Å². The van der Waals surface area contributed by atoms with Gasteiger partial charge in [0.05, 0.1) is 25.5 Å². The molecule has 0 aliphatic heterocycles. The van der Waals surface area contributed by atoms with Crippen LogP contribution in [-0.2, 0) is 6.54 Å². The molecule has 0 amide bonds. The third-order valence-corrected chi connectivity index (χ3v) is 3.22. The van der Waals surface area contributed by atoms with E-state index in [-0.39, 0.29) is 0 Å². The zero-order valence-electron chi connectivity index (χ0n) is 12.6. The van der Waals surface area contributed by atoms with Crippen molar-refractivity contribution in [2.24, 2.45) is 10.7 Å². The molecule has 1 heterocycles. The van der Waals surface area contributed by atoms with Crippen LogP contribution in [0.4, 0.5) is 5.69 Å². The van der Waals surface area contributed by atoms with E-state index in [0.717, 1.165) is 17.1 Å². The maximum atomic E-state index is 5.88. The lowest BCUT2D eigenvalue weighted by Crippen LogP contribution is -2.22. The number of nitrogens with two attached hydrogens (primary N) is 1. The number of hydrogen-bond acceptors (Lipinski definition) is 3. The monoisotopic (exact) mass is 284 g/mol. The number of pyridine rings is 1. The normalized spacial score (nSPS) is 11.3. The number of nitrogens with one attached hydrogen (secondary N) is 1. The lowest BCUT2D eigenvalue weighted by Gasteiger charge is -2.08. The number of ether oxygens (including phenoxy) is 1. The van der Waals surface area contributed by atoms with Crippen LogP contribution in [0.25, 0.3) is 0 Å². The van der Waals surface area contributed by atoms with Crippen LogP contribution < -0.4 is 15.8 Å². The minimum absolute atomic E-state index is 0.371. The van der Waals surface area contributed by atoms with Crippen LogP contribution in [0.2, 0.25) is 0 Å². The number of nitrogens with zero attached hydrogens (tertiary/aromatic N) is 2. The summed E-state index contributed by atoms with van der Waals surface area (Å²) in [6.45, 7) is 4.56. The first-order chi connectivity index (χ1) is 10.1. The predicted molar refractivity (Wildman–Crippen MR) is 85.7 cm³/mol. The molecular weight excluding hydrogens is 264 g/mol. The molecule has 21 heavy (non-hydrogen) atoms. The zero-order valence-corrected chi connectivity index (χ0v) is 12.6. The molecule has 0 radical (unpaired) electrons. The summed E-state index contributed by atoms with van der Waals surface area (Å²) in [6.07, 6.45) is 1.66. The molecule has 2 aromatic rings. The maximum Gasteiger partial charge on any atom is 0.193 e. The van der Waals surface area contributed by atoms with Gasteiger partial charge in [-0.25, -0.2) is 4.99 Å². The molecule has 0 saturated carbocycles. The Balaban J connectivity index is 1.98. The van der Waals surface area contributed by atoms with E-state index in [1.807, 2.05) is 24.3 Å². The van der Waals surface area contributed by atoms with Crippen LogP contribution in [0, 0.1) is 13.8 Å². The maximum absolute atomic E-state index is 5.88. The highest BCUT2D eigenvalue weighted by Crippen LogP contribution is 2.14. The molecule has 0 aliphatic carbocycles. The van der Waals surface area contributed by atoms with Gasteiger partial charge in [0.15, 0.2) is 5.96 Å². The summed E-state index contributed by atoms with van der Waals surface area (Å²) in [4.78, 5) is 8.52. The Labute approximate surface area is 124 Å². The molecule has 0 fully saturated rings. The smallest absolute Gasteiger partial charge is 0.193 e. The first kappa shape index (κ1) is 14.8. The van der Waals surface area contributed by atoms with Crippen molar-refractivity contribution < 1.29 is 4.74 Å². The van der Waals surface area contributed by atoms with E-state index in [4.69, 9.17) is 10.5 Å². The molecular formula is C16H20N4O. The molecule has 0 unspecified atom stereocenters. The van der Waals surface area contributed by atoms with Gasteiger partial charge in [-0.3, -0.25) is 4.98 Å². The van der Waals surface area contributed by atoms with Crippen molar-refractivity contribution in [3.05, 3.63) is 53.3 Å². The van der Waals surface area contributed by atoms with Gasteiger partial charge in [0.2, 0.25) is 0 Å². The highest BCUT2D eigenvalue weighted by Gasteiger charge is 1.99. The van der Waals surface area contributed by atoms with Crippen molar-refractivity contribution in [3.8, 4) is 5.75 Å². The molecule has 1 aromatic carbocycles. The zero-order chi connectivity index (χ0) is 15.2. The summed E-state index contributed by atoms with van der Waals surface area (Å²) in [6, 6.07) is 9.80. The average Bonchev–Trinajstić information content (AvgIpc) is 2.49. The number of methoxy groups -OCH3 is 1. The molecule has 0 saturated heterocycles. The van der Waals surface area contributed by atoms with Gasteiger partial charge in [0, 0.05) is 5.69 Å². The number of anilines is 1. The minimum atomic E-state index is 0.371. The Kier molecular flexibility index (Phi) is 4.77. The van der Waals surface area contributed by atoms with Crippen molar-refractivity contribution in [2.75, 3.05) is 12.4 Å². The second kappa shape index (κ2) is 6.74. The van der Waals surface area contributed by atoms with Crippen molar-refractivity contribution in [1.29, 1.82) is 0 Å². The Morgan fingerprint density at radius 3 is 2.67 bits per heavy atom. The molecule has 2 rings (SSSR count). The molecule has 0 aliphatic rings. The van der Waals surface area contributed by atoms with E-state index in [2.05, 4.69) is 35.2 Å². The van der Waals surface area contributed by atoms with Gasteiger partial charge in [0.1, 0.15) is 5.75 Å². The standard InChI is InChI=1S/C16H20N4O/c1-11-4-5-13(8-12(11)2)20-16(17)19-9-14-6-7-15(21-3)10-18-14/h4-8,10H,9H2,1-3H3,(H3,17,19,20). The molecule has 0 bridgehead atoms. The molecule has 3 N–H and O–H groups in total. The second-order valence-electron chi connectivity index (χ2n) is 4.81. The van der Waals surface area contributed by atoms with Crippen molar-refractivity contribution >= 4 is 11.6 Å². The van der Waals surface area contributed by atoms with Crippen molar-refractivity contribution in [2.45, 2.75) is 20.4 Å². The third-order valence-electron chi connectivity index (χ3n) is 3.22. The van der Waals surface area contributed by atoms with Gasteiger partial charge in [-0.05, 0) is 49.2 Å². The van der Waals surface area contributed by atoms with Crippen LogP contribution in [0.3, 0.4) is 0 Å². The topological polar surface area (TPSA) is 72.5 Å². The Morgan fingerprint density at radius 1 is 1.24 bits per heavy atom. The number of aryl methyl sites for hydroxylation is 2. The largest absolute Gasteiger partial charge is 0.495 e. The fraction of sp³-hybridized carbons (Fsp3) is 0.250. The van der Waals surface area contributed by atoms with Crippen LogP contribution in [-0.4, -0.2) is 18.1 Å². The Hall–Kier alpha value is -2.56. The Morgan fingerprint density at radius 2 is 2.05 bits per heavy atom. The quantitative estimate of drug-likeness (QED) is 0.668. The van der Waals surface area contributed by atoms with E-state index < -0.39 is 0 Å². The van der Waals surface area contributed by atoms with Crippen LogP contribution >= 0.6 is 0 Å². The number of rotatable bonds is 4. The highest BCUT2D eigenvalue weighted by molar-refractivity contribution is 5.92. The van der Waals surface area contributed by atoms with Gasteiger partial charge in [0.25, 0.3) is 0 Å². The summed E-state index contributed by atoms with van der Waals surface area (Å²) in [5.41, 5.74) is 10.1. The highest BCUT2D eigenvalue weighted by atomic mass is 16.5. The van der Waals surface area contributed by atoms with Crippen LogP contribution in [0.1, 0.15) is 16.8 Å². The fourth-order valence-electron chi connectivity index (χ4n) is 1.80. The number of aliphatic imine (C=N–C) groups is 1. The summed E-state index contributed by atoms with van der Waals surface area (Å²) >= 11 is 0. The minimum Gasteiger partial charge on any atom is -0.495 e. The molecule has 0 spiro atoms. The Bertz CT molecular complexity index is 635. The molecule has 5 nitrogen and oxygen atoms in total. The SMILES string of the molecule is COc1ccc(CN=C(N)Nc2ccc(C)c(C)c2)nc1. The van der Waals surface area contributed by atoms with E-state index >= 15 is 0 Å². The summed E-state index contributed by atoms with van der Waals surface area (Å²) in [5.74, 6) is 1.10. The molecule has 1 aromatic heterocycles. The summed E-state index contributed by atoms with van der Waals surface area (Å²) in [7, 11) is 1.61. The van der Waals surface area contributed by atoms with Crippen molar-refractivity contribution in [1.82, 2.24) is 4.98 Å². The van der Waals surface area contributed by atoms with Crippen molar-refractivity contribution in [3.63, 3.8) is 0 Å². The number of aromatic nitrogens is 1. The lowest BCUT2D eigenvalue weighted by molar-refractivity contribution is 0.412. The van der Waals surface area contributed by atoms with Gasteiger partial charge in [-0.1, -0.05) is 6.07 Å². The fourth-order valence-corrected chi connectivity index (χ4v) is 1.80. The average molecular weight is 284 g/mol. The summed E-state index contributed by atoms with van der Waals surface area (Å²) in [5, 5.41) is 3.08. The number of benzene rings is 1. The predicted octanol–water partition coefficient (Wildman–Crippen LogP) is 2.63. The summed E-state index contributed by atoms with van der Waals surface area (Å²) < 4.78 is 5.06. The third kappa shape index (κ3) is 4.21. The number of hydrogen-bond donors (Lipinski definition) is 2. The first-order valence-electron chi connectivity index (χ1n) is 6.71. The van der Waals surface area contributed by atoms with E-state index in [9.17, 15) is 0 Å². The second-order valence-corrected chi connectivity index (χ2v) is 4.81. The number of guanidine groups is 1. The van der Waals surface area contributed by atoms with Crippen LogP contribution in [0.5, 0.6) is 5.75 Å². The van der Waals surface area contributed by atoms with Gasteiger partial charge >= 0.3 is 0 Å². The van der Waals surface area contributed by atoms with Gasteiger partial charge < -0.3 is 15.8 Å². The van der Waals surface area contributed by atoms with Gasteiger partial charge in [-0.2, -0.15) is 0 Å². The first-order valence-corrected chi connectivity index (χ1v) is 6.71. The molecule has 0 atom stereocenters. The van der Waals surface area contributed by atoms with E-state index in [0.29, 0.717) is 12.5 Å². The van der Waals surface area contributed by atoms with E-state index in [1.54, 1.807) is 13.3 Å². The molecule has 5 heteroatoms. The lowest BCUT2D eigenvalue weighted by atomic mass is 10.1.